The molecule has 2 aliphatic heterocycles. The van der Waals surface area contributed by atoms with Gasteiger partial charge in [0, 0.05) is 23.3 Å². The van der Waals surface area contributed by atoms with Crippen LogP contribution in [-0.2, 0) is 27.6 Å². The number of rotatable bonds is 7. The molecule has 2 unspecified atom stereocenters. The number of carbonyl (C=O) groups is 2. The van der Waals surface area contributed by atoms with E-state index in [1.165, 1.54) is 51.0 Å². The van der Waals surface area contributed by atoms with Crippen LogP contribution >= 0.6 is 35.3 Å². The zero-order valence-electron chi connectivity index (χ0n) is 23.0. The van der Waals surface area contributed by atoms with Crippen LogP contribution in [0.15, 0.2) is 83.7 Å². The van der Waals surface area contributed by atoms with Crippen molar-refractivity contribution in [3.8, 4) is 0 Å². The van der Waals surface area contributed by atoms with Crippen LogP contribution in [0.5, 0.6) is 0 Å². The summed E-state index contributed by atoms with van der Waals surface area (Å²) >= 11 is 7.95. The third kappa shape index (κ3) is 5.03. The Morgan fingerprint density at radius 2 is 1.74 bits per heavy atom. The number of thiazole rings is 1. The van der Waals surface area contributed by atoms with Crippen LogP contribution in [0.25, 0.3) is 11.0 Å². The van der Waals surface area contributed by atoms with Gasteiger partial charge in [-0.25, -0.2) is 0 Å². The van der Waals surface area contributed by atoms with Crippen molar-refractivity contribution in [1.82, 2.24) is 9.47 Å². The minimum atomic E-state index is -0.319. The van der Waals surface area contributed by atoms with E-state index < -0.39 is 0 Å². The molecule has 3 aromatic carbocycles. The van der Waals surface area contributed by atoms with E-state index in [1.54, 1.807) is 4.90 Å². The Kier molecular flexibility index (Phi) is 7.50. The van der Waals surface area contributed by atoms with E-state index in [1.807, 2.05) is 48.5 Å². The molecule has 10 heteroatoms. The summed E-state index contributed by atoms with van der Waals surface area (Å²) in [6.45, 7) is 0.353. The molecule has 0 radical (unpaired) electrons. The van der Waals surface area contributed by atoms with Gasteiger partial charge in [0.1, 0.15) is 13.9 Å². The van der Waals surface area contributed by atoms with Crippen molar-refractivity contribution in [3.05, 3.63) is 115 Å². The van der Waals surface area contributed by atoms with Gasteiger partial charge in [0.25, 0.3) is 17.9 Å². The Labute approximate surface area is 261 Å². The molecular weight excluding hydrogens is 599 g/mol. The van der Waals surface area contributed by atoms with Gasteiger partial charge in [-0.15, -0.1) is 11.3 Å². The Morgan fingerprint density at radius 1 is 0.977 bits per heavy atom. The Morgan fingerprint density at radius 3 is 2.51 bits per heavy atom. The number of anilines is 2. The van der Waals surface area contributed by atoms with Gasteiger partial charge >= 0.3 is 0 Å². The summed E-state index contributed by atoms with van der Waals surface area (Å²) in [7, 11) is 0. The van der Waals surface area contributed by atoms with Crippen LogP contribution in [-0.4, -0.2) is 32.2 Å². The number of para-hydroxylation sites is 1. The number of thiocarbonyl (C=S) groups is 1. The molecule has 2 fully saturated rings. The first-order valence-electron chi connectivity index (χ1n) is 14.1. The van der Waals surface area contributed by atoms with Crippen LogP contribution in [0.3, 0.4) is 0 Å². The molecule has 43 heavy (non-hydrogen) atoms. The van der Waals surface area contributed by atoms with Crippen molar-refractivity contribution in [2.45, 2.75) is 44.5 Å². The molecule has 1 aliphatic carbocycles. The lowest BCUT2D eigenvalue weighted by molar-refractivity contribution is -0.132. The predicted molar refractivity (Wildman–Crippen MR) is 175 cm³/mol. The van der Waals surface area contributed by atoms with E-state index in [0.717, 1.165) is 24.0 Å². The topological polar surface area (TPSA) is 71.8 Å². The van der Waals surface area contributed by atoms with Gasteiger partial charge in [-0.2, -0.15) is 0 Å². The number of ether oxygens (including phenoxy) is 1. The predicted octanol–water partition coefficient (Wildman–Crippen LogP) is 4.83. The van der Waals surface area contributed by atoms with Gasteiger partial charge in [-0.3, -0.25) is 23.9 Å². The first-order chi connectivity index (χ1) is 21.0. The molecule has 3 aliphatic rings. The lowest BCUT2D eigenvalue weighted by atomic mass is 9.96. The monoisotopic (exact) mass is 625 g/mol. The molecule has 0 bridgehead atoms. The second-order valence-corrected chi connectivity index (χ2v) is 13.4. The number of thioether (sulfide) groups is 1. The summed E-state index contributed by atoms with van der Waals surface area (Å²) < 4.78 is 7.65. The number of nitrogens with zero attached hydrogens (tertiary/aromatic N) is 3. The lowest BCUT2D eigenvalue weighted by Crippen LogP contribution is -2.34. The second-order valence-electron chi connectivity index (χ2n) is 10.7. The van der Waals surface area contributed by atoms with E-state index in [4.69, 9.17) is 17.0 Å². The van der Waals surface area contributed by atoms with Gasteiger partial charge in [0.05, 0.1) is 11.1 Å². The Hall–Kier alpha value is -3.99. The quantitative estimate of drug-likeness (QED) is 0.215. The summed E-state index contributed by atoms with van der Waals surface area (Å²) in [5, 5.41) is 0. The fourth-order valence-electron chi connectivity index (χ4n) is 6.38. The summed E-state index contributed by atoms with van der Waals surface area (Å²) in [4.78, 5) is 42.6. The number of benzene rings is 3. The molecule has 3 heterocycles. The summed E-state index contributed by atoms with van der Waals surface area (Å²) in [5.74, 6) is 0.178. The summed E-state index contributed by atoms with van der Waals surface area (Å²) in [6, 6.07) is 27.0. The highest BCUT2D eigenvalue weighted by atomic mass is 32.2. The molecule has 1 saturated carbocycles. The maximum atomic E-state index is 13.6. The van der Waals surface area contributed by atoms with Crippen LogP contribution in [0, 0.1) is 0 Å². The SMILES string of the molecule is O=COCn1c(=O)/c(=C\c2ccc3c(c2)C2CCCC2N3c2ccccc2)s/c1=C1/SC(=S)N(Cc2ccccc2)C1=O. The molecule has 216 valence electrons. The molecule has 0 N–H and O–H groups in total. The molecule has 0 spiro atoms. The fourth-order valence-corrected chi connectivity index (χ4v) is 8.88. The largest absolute Gasteiger partial charge is 0.446 e. The zero-order valence-corrected chi connectivity index (χ0v) is 25.5. The van der Waals surface area contributed by atoms with Crippen LogP contribution in [0.2, 0.25) is 0 Å². The van der Waals surface area contributed by atoms with Gasteiger partial charge in [-0.05, 0) is 59.9 Å². The number of hydrogen-bond acceptors (Lipinski definition) is 8. The molecule has 2 atom stereocenters. The smallest absolute Gasteiger partial charge is 0.294 e. The molecule has 7 nitrogen and oxygen atoms in total. The molecule has 7 rings (SSSR count). The van der Waals surface area contributed by atoms with Crippen LogP contribution in [0.1, 0.15) is 41.9 Å². The van der Waals surface area contributed by atoms with Crippen molar-refractivity contribution >= 4 is 74.4 Å². The maximum absolute atomic E-state index is 13.6. The number of fused-ring (bicyclic) bond motifs is 3. The molecule has 1 saturated heterocycles. The normalized spacial score (nSPS) is 21.0. The first kappa shape index (κ1) is 27.8. The average Bonchev–Trinajstić information content (AvgIpc) is 3.77. The summed E-state index contributed by atoms with van der Waals surface area (Å²) in [5.41, 5.74) is 5.28. The highest BCUT2D eigenvalue weighted by Gasteiger charge is 2.42. The van der Waals surface area contributed by atoms with E-state index >= 15 is 0 Å². The average molecular weight is 626 g/mol. The molecule has 4 aromatic rings. The second kappa shape index (κ2) is 11.6. The number of hydrogen-bond donors (Lipinski definition) is 0. The van der Waals surface area contributed by atoms with Crippen molar-refractivity contribution in [2.24, 2.45) is 0 Å². The minimum absolute atomic E-state index is 0.266. The lowest BCUT2D eigenvalue weighted by Gasteiger charge is -2.27. The standard InChI is InChI=1S/C33H27N3O4S3/c37-20-40-19-35-30(38)28(42-32(35)29-31(39)34(33(41)43-29)18-21-8-3-1-4-9-21)17-22-14-15-27-25(16-22)24-12-7-13-26(24)36(27)23-10-5-2-6-11-23/h1-6,8-11,14-17,20,24,26H,7,12-13,18-19H2/b28-17+,32-29+. The number of carbonyl (C=O) groups excluding carboxylic acids is 2. The van der Waals surface area contributed by atoms with Crippen molar-refractivity contribution in [1.29, 1.82) is 0 Å². The Balaban J connectivity index is 1.29. The third-order valence-corrected chi connectivity index (χ3v) is 11.0. The highest BCUT2D eigenvalue weighted by Crippen LogP contribution is 2.52. The first-order valence-corrected chi connectivity index (χ1v) is 16.1. The van der Waals surface area contributed by atoms with E-state index in [9.17, 15) is 14.4 Å². The Bertz CT molecular complexity index is 1920. The zero-order chi connectivity index (χ0) is 29.5. The van der Waals surface area contributed by atoms with E-state index in [2.05, 4.69) is 41.3 Å². The van der Waals surface area contributed by atoms with Gasteiger partial charge < -0.3 is 9.64 Å². The van der Waals surface area contributed by atoms with Gasteiger partial charge in [0.2, 0.25) is 0 Å². The van der Waals surface area contributed by atoms with Gasteiger partial charge in [-0.1, -0.05) is 85.0 Å². The number of aromatic nitrogens is 1. The molecule has 1 aromatic heterocycles. The van der Waals surface area contributed by atoms with Crippen molar-refractivity contribution in [2.75, 3.05) is 4.90 Å². The fraction of sp³-hybridized carbons (Fsp3) is 0.212. The maximum Gasteiger partial charge on any atom is 0.294 e. The summed E-state index contributed by atoms with van der Waals surface area (Å²) in [6.07, 6.45) is 5.35. The minimum Gasteiger partial charge on any atom is -0.446 e. The highest BCUT2D eigenvalue weighted by molar-refractivity contribution is 8.30. The van der Waals surface area contributed by atoms with Crippen molar-refractivity contribution < 1.29 is 14.3 Å². The van der Waals surface area contributed by atoms with Gasteiger partial charge in [0.15, 0.2) is 6.73 Å². The third-order valence-electron chi connectivity index (χ3n) is 8.26. The van der Waals surface area contributed by atoms with Crippen molar-refractivity contribution in [3.63, 3.8) is 0 Å². The van der Waals surface area contributed by atoms with E-state index in [-0.39, 0.29) is 18.2 Å². The number of amides is 1. The van der Waals surface area contributed by atoms with Crippen LogP contribution in [0.4, 0.5) is 11.4 Å². The molecular formula is C33H27N3O4S3. The molecule has 1 amide bonds. The van der Waals surface area contributed by atoms with E-state index in [0.29, 0.717) is 43.4 Å². The van der Waals surface area contributed by atoms with Crippen LogP contribution < -0.4 is 19.7 Å².